The molecule has 0 aromatic carbocycles. The van der Waals surface area contributed by atoms with Gasteiger partial charge in [0, 0.05) is 60.6 Å². The van der Waals surface area contributed by atoms with Crippen molar-refractivity contribution < 1.29 is 9.53 Å². The molecular weight excluding hydrogens is 392 g/mol. The Labute approximate surface area is 181 Å². The highest BCUT2D eigenvalue weighted by Crippen LogP contribution is 2.24. The Balaban J connectivity index is 1.57. The van der Waals surface area contributed by atoms with Crippen LogP contribution in [0.25, 0.3) is 11.3 Å². The summed E-state index contributed by atoms with van der Waals surface area (Å²) in [7, 11) is 0. The topological polar surface area (TPSA) is 107 Å². The normalized spacial score (nSPS) is 13.9. The zero-order chi connectivity index (χ0) is 21.6. The number of nitrogens with zero attached hydrogens (tertiary/aromatic N) is 5. The van der Waals surface area contributed by atoms with Gasteiger partial charge in [0.2, 0.25) is 0 Å². The number of ketones is 1. The van der Waals surface area contributed by atoms with Crippen LogP contribution in [0.2, 0.25) is 0 Å². The molecule has 31 heavy (non-hydrogen) atoms. The molecule has 1 fully saturated rings. The number of carbonyl (C=O) groups excluding carboxylic acids is 1. The van der Waals surface area contributed by atoms with Gasteiger partial charge >= 0.3 is 0 Å². The SMILES string of the molecule is CCCc1ccc(-c2cnc(N)c(C(=O)Cc3cnccc3N3CCOCC3)n2)cn1. The van der Waals surface area contributed by atoms with Crippen LogP contribution in [0.15, 0.2) is 43.0 Å². The van der Waals surface area contributed by atoms with Crippen LogP contribution >= 0.6 is 0 Å². The molecule has 4 rings (SSSR count). The van der Waals surface area contributed by atoms with Crippen LogP contribution in [0.4, 0.5) is 11.5 Å². The number of carbonyl (C=O) groups is 1. The predicted octanol–water partition coefficient (Wildman–Crippen LogP) is 2.73. The number of rotatable bonds is 7. The maximum absolute atomic E-state index is 13.1. The molecule has 4 heterocycles. The number of aryl methyl sites for hydroxylation is 1. The van der Waals surface area contributed by atoms with Crippen molar-refractivity contribution in [3.8, 4) is 11.3 Å². The average molecular weight is 419 g/mol. The summed E-state index contributed by atoms with van der Waals surface area (Å²) in [6.45, 7) is 5.02. The highest BCUT2D eigenvalue weighted by atomic mass is 16.5. The van der Waals surface area contributed by atoms with Crippen molar-refractivity contribution in [2.75, 3.05) is 36.9 Å². The lowest BCUT2D eigenvalue weighted by Crippen LogP contribution is -2.37. The second kappa shape index (κ2) is 9.61. The Morgan fingerprint density at radius 2 is 1.97 bits per heavy atom. The molecule has 0 bridgehead atoms. The third-order valence-corrected chi connectivity index (χ3v) is 5.27. The quantitative estimate of drug-likeness (QED) is 0.584. The maximum Gasteiger partial charge on any atom is 0.189 e. The lowest BCUT2D eigenvalue weighted by Gasteiger charge is -2.30. The molecule has 0 aliphatic carbocycles. The molecule has 0 radical (unpaired) electrons. The van der Waals surface area contributed by atoms with E-state index in [1.54, 1.807) is 24.8 Å². The first kappa shape index (κ1) is 20.9. The number of nitrogens with two attached hydrogens (primary N) is 1. The van der Waals surface area contributed by atoms with E-state index >= 15 is 0 Å². The summed E-state index contributed by atoms with van der Waals surface area (Å²) in [5, 5.41) is 0. The number of hydrogen-bond donors (Lipinski definition) is 1. The molecule has 0 atom stereocenters. The molecule has 0 spiro atoms. The van der Waals surface area contributed by atoms with Crippen molar-refractivity contribution in [3.63, 3.8) is 0 Å². The first-order valence-electron chi connectivity index (χ1n) is 10.5. The highest BCUT2D eigenvalue weighted by molar-refractivity contribution is 6.00. The third-order valence-electron chi connectivity index (χ3n) is 5.27. The van der Waals surface area contributed by atoms with Gasteiger partial charge in [0.15, 0.2) is 11.6 Å². The summed E-state index contributed by atoms with van der Waals surface area (Å²) >= 11 is 0. The first-order chi connectivity index (χ1) is 15.2. The molecule has 1 aliphatic heterocycles. The van der Waals surface area contributed by atoms with Crippen molar-refractivity contribution in [3.05, 3.63) is 59.9 Å². The monoisotopic (exact) mass is 418 g/mol. The number of anilines is 2. The van der Waals surface area contributed by atoms with Gasteiger partial charge in [-0.05, 0) is 24.6 Å². The van der Waals surface area contributed by atoms with Gasteiger partial charge in [0.25, 0.3) is 0 Å². The fourth-order valence-corrected chi connectivity index (χ4v) is 3.65. The number of hydrogen-bond acceptors (Lipinski definition) is 8. The van der Waals surface area contributed by atoms with E-state index in [0.29, 0.717) is 18.9 Å². The minimum Gasteiger partial charge on any atom is -0.382 e. The number of ether oxygens (including phenoxy) is 1. The van der Waals surface area contributed by atoms with Crippen molar-refractivity contribution in [1.82, 2.24) is 19.9 Å². The van der Waals surface area contributed by atoms with Crippen molar-refractivity contribution >= 4 is 17.3 Å². The van der Waals surface area contributed by atoms with Crippen LogP contribution in [0.1, 0.15) is 35.1 Å². The molecule has 3 aromatic rings. The predicted molar refractivity (Wildman–Crippen MR) is 119 cm³/mol. The fourth-order valence-electron chi connectivity index (χ4n) is 3.65. The Morgan fingerprint density at radius 3 is 2.71 bits per heavy atom. The summed E-state index contributed by atoms with van der Waals surface area (Å²) in [5.41, 5.74) is 10.4. The lowest BCUT2D eigenvalue weighted by atomic mass is 10.1. The number of morpholine rings is 1. The zero-order valence-electron chi connectivity index (χ0n) is 17.6. The van der Waals surface area contributed by atoms with E-state index in [0.717, 1.165) is 48.4 Å². The molecule has 0 saturated carbocycles. The van der Waals surface area contributed by atoms with Crippen LogP contribution in [0, 0.1) is 0 Å². The Hall–Kier alpha value is -3.39. The largest absolute Gasteiger partial charge is 0.382 e. The van der Waals surface area contributed by atoms with Gasteiger partial charge in [-0.3, -0.25) is 14.8 Å². The van der Waals surface area contributed by atoms with Crippen molar-refractivity contribution in [2.24, 2.45) is 0 Å². The van der Waals surface area contributed by atoms with E-state index in [1.807, 2.05) is 18.2 Å². The number of aromatic nitrogens is 4. The van der Waals surface area contributed by atoms with E-state index < -0.39 is 0 Å². The number of nitrogen functional groups attached to an aromatic ring is 1. The van der Waals surface area contributed by atoms with Crippen LogP contribution in [0.5, 0.6) is 0 Å². The minimum absolute atomic E-state index is 0.126. The summed E-state index contributed by atoms with van der Waals surface area (Å²) in [6.07, 6.45) is 8.91. The average Bonchev–Trinajstić information content (AvgIpc) is 2.81. The molecule has 8 heteroatoms. The third kappa shape index (κ3) is 4.86. The Morgan fingerprint density at radius 1 is 1.13 bits per heavy atom. The smallest absolute Gasteiger partial charge is 0.189 e. The van der Waals surface area contributed by atoms with Gasteiger partial charge in [-0.25, -0.2) is 9.97 Å². The molecule has 2 N–H and O–H groups in total. The molecule has 3 aromatic heterocycles. The van der Waals surface area contributed by atoms with E-state index in [-0.39, 0.29) is 23.7 Å². The van der Waals surface area contributed by atoms with Gasteiger partial charge < -0.3 is 15.4 Å². The minimum atomic E-state index is -0.190. The second-order valence-electron chi connectivity index (χ2n) is 7.48. The van der Waals surface area contributed by atoms with E-state index in [9.17, 15) is 4.79 Å². The fraction of sp³-hybridized carbons (Fsp3) is 0.348. The summed E-state index contributed by atoms with van der Waals surface area (Å²) in [4.78, 5) is 32.8. The molecule has 160 valence electrons. The Kier molecular flexibility index (Phi) is 6.47. The van der Waals surface area contributed by atoms with Crippen LogP contribution in [-0.2, 0) is 17.6 Å². The molecule has 0 unspecified atom stereocenters. The standard InChI is InChI=1S/C23H26N6O2/c1-2-3-18-5-4-16(14-26-18)19-15-27-23(24)22(28-19)21(30)12-17-13-25-7-6-20(17)29-8-10-31-11-9-29/h4-7,13-15H,2-3,8-12H2,1H3,(H2,24,27). The second-order valence-corrected chi connectivity index (χ2v) is 7.48. The van der Waals surface area contributed by atoms with Crippen molar-refractivity contribution in [1.29, 1.82) is 0 Å². The maximum atomic E-state index is 13.1. The van der Waals surface area contributed by atoms with Gasteiger partial charge in [0.1, 0.15) is 5.69 Å². The Bertz CT molecular complexity index is 1050. The zero-order valence-corrected chi connectivity index (χ0v) is 17.6. The van der Waals surface area contributed by atoms with E-state index in [2.05, 4.69) is 31.8 Å². The van der Waals surface area contributed by atoms with Crippen LogP contribution < -0.4 is 10.6 Å². The number of pyridine rings is 2. The number of Topliss-reactive ketones (excluding diaryl/α,β-unsaturated/α-hetero) is 1. The highest BCUT2D eigenvalue weighted by Gasteiger charge is 2.20. The lowest BCUT2D eigenvalue weighted by molar-refractivity contribution is 0.0988. The molecule has 0 amide bonds. The van der Waals surface area contributed by atoms with Crippen LogP contribution in [-0.4, -0.2) is 52.0 Å². The molecule has 1 saturated heterocycles. The summed E-state index contributed by atoms with van der Waals surface area (Å²) in [5.74, 6) is -0.0638. The van der Waals surface area contributed by atoms with Gasteiger partial charge in [-0.15, -0.1) is 0 Å². The van der Waals surface area contributed by atoms with Crippen molar-refractivity contribution in [2.45, 2.75) is 26.2 Å². The molecular formula is C23H26N6O2. The van der Waals surface area contributed by atoms with E-state index in [4.69, 9.17) is 10.5 Å². The molecule has 8 nitrogen and oxygen atoms in total. The summed E-state index contributed by atoms with van der Waals surface area (Å²) < 4.78 is 5.44. The van der Waals surface area contributed by atoms with Gasteiger partial charge in [-0.1, -0.05) is 13.3 Å². The molecule has 1 aliphatic rings. The van der Waals surface area contributed by atoms with E-state index in [1.165, 1.54) is 0 Å². The van der Waals surface area contributed by atoms with Crippen LogP contribution in [0.3, 0.4) is 0 Å². The van der Waals surface area contributed by atoms with Gasteiger partial charge in [0.05, 0.1) is 25.1 Å². The van der Waals surface area contributed by atoms with Gasteiger partial charge in [-0.2, -0.15) is 0 Å². The summed E-state index contributed by atoms with van der Waals surface area (Å²) in [6, 6.07) is 5.86. The first-order valence-corrected chi connectivity index (χ1v) is 10.5.